The van der Waals surface area contributed by atoms with E-state index in [4.69, 9.17) is 9.47 Å². The van der Waals surface area contributed by atoms with Gasteiger partial charge in [-0.15, -0.1) is 24.0 Å². The van der Waals surface area contributed by atoms with Crippen LogP contribution in [0.2, 0.25) is 0 Å². The van der Waals surface area contributed by atoms with Gasteiger partial charge in [0, 0.05) is 39.8 Å². The van der Waals surface area contributed by atoms with E-state index in [0.29, 0.717) is 38.7 Å². The van der Waals surface area contributed by atoms with Gasteiger partial charge < -0.3 is 24.6 Å². The first-order chi connectivity index (χ1) is 13.3. The van der Waals surface area contributed by atoms with Gasteiger partial charge in [0.05, 0.1) is 19.3 Å². The summed E-state index contributed by atoms with van der Waals surface area (Å²) in [5.41, 5.74) is -0.651. The molecule has 1 aromatic rings. The Kier molecular flexibility index (Phi) is 9.80. The average molecular weight is 530 g/mol. The molecule has 1 amide bonds. The lowest BCUT2D eigenvalue weighted by Gasteiger charge is -2.36. The van der Waals surface area contributed by atoms with Crippen LogP contribution in [-0.2, 0) is 17.5 Å². The first-order valence-electron chi connectivity index (χ1n) is 8.91. The number of rotatable bonds is 4. The quantitative estimate of drug-likeness (QED) is 0.368. The second kappa shape index (κ2) is 11.3. The number of carbonyl (C=O) groups excluding carboxylic acids is 1. The topological polar surface area (TPSA) is 66.4 Å². The van der Waals surface area contributed by atoms with Crippen LogP contribution in [0.1, 0.15) is 18.1 Å². The number of hydrogen-bond donors (Lipinski definition) is 1. The van der Waals surface area contributed by atoms with Gasteiger partial charge in [0.2, 0.25) is 0 Å². The number of benzene rings is 1. The van der Waals surface area contributed by atoms with E-state index in [1.807, 2.05) is 4.90 Å². The number of hydrogen-bond acceptors (Lipinski definition) is 4. The molecule has 0 bridgehead atoms. The zero-order valence-corrected chi connectivity index (χ0v) is 18.9. The maximum atomic E-state index is 13.3. The number of nitrogens with zero attached hydrogens (tertiary/aromatic N) is 3. The van der Waals surface area contributed by atoms with E-state index in [0.717, 1.165) is 6.07 Å². The SMILES string of the molecule is CCOC(=O)N1CCN(C(=NC)NCc2ccc(OC)cc2C(F)(F)F)CC1.I. The van der Waals surface area contributed by atoms with Crippen LogP contribution in [0.15, 0.2) is 23.2 Å². The summed E-state index contributed by atoms with van der Waals surface area (Å²) in [5, 5.41) is 2.98. The zero-order chi connectivity index (χ0) is 20.7. The number of piperazine rings is 1. The Labute approximate surface area is 185 Å². The molecule has 0 spiro atoms. The highest BCUT2D eigenvalue weighted by atomic mass is 127. The Hall–Kier alpha value is -1.92. The largest absolute Gasteiger partial charge is 0.497 e. The molecule has 1 fully saturated rings. The van der Waals surface area contributed by atoms with Gasteiger partial charge in [-0.25, -0.2) is 4.79 Å². The highest BCUT2D eigenvalue weighted by molar-refractivity contribution is 14.0. The van der Waals surface area contributed by atoms with Crippen LogP contribution in [0.5, 0.6) is 5.75 Å². The third-order valence-electron chi connectivity index (χ3n) is 4.38. The van der Waals surface area contributed by atoms with Gasteiger partial charge >= 0.3 is 12.3 Å². The number of nitrogens with one attached hydrogen (secondary N) is 1. The molecular formula is C18H26F3IN4O3. The van der Waals surface area contributed by atoms with Crippen LogP contribution in [0.3, 0.4) is 0 Å². The molecule has 1 heterocycles. The van der Waals surface area contributed by atoms with Crippen LogP contribution >= 0.6 is 24.0 Å². The van der Waals surface area contributed by atoms with E-state index in [-0.39, 0.29) is 47.9 Å². The third kappa shape index (κ3) is 6.82. The number of amides is 1. The van der Waals surface area contributed by atoms with Crippen molar-refractivity contribution in [2.24, 2.45) is 4.99 Å². The molecule has 0 unspecified atom stereocenters. The summed E-state index contributed by atoms with van der Waals surface area (Å²) < 4.78 is 49.9. The summed E-state index contributed by atoms with van der Waals surface area (Å²) in [7, 11) is 2.89. The molecule has 1 aliphatic rings. The van der Waals surface area contributed by atoms with Crippen molar-refractivity contribution >= 4 is 36.0 Å². The number of carbonyl (C=O) groups is 1. The van der Waals surface area contributed by atoms with Crippen molar-refractivity contribution in [1.29, 1.82) is 0 Å². The predicted molar refractivity (Wildman–Crippen MR) is 114 cm³/mol. The lowest BCUT2D eigenvalue weighted by Crippen LogP contribution is -2.53. The molecule has 1 N–H and O–H groups in total. The van der Waals surface area contributed by atoms with Crippen LogP contribution in [0, 0.1) is 0 Å². The summed E-state index contributed by atoms with van der Waals surface area (Å²) in [4.78, 5) is 19.4. The molecule has 0 aliphatic carbocycles. The Bertz CT molecular complexity index is 708. The molecule has 1 saturated heterocycles. The van der Waals surface area contributed by atoms with Gasteiger partial charge in [0.25, 0.3) is 0 Å². The van der Waals surface area contributed by atoms with E-state index in [9.17, 15) is 18.0 Å². The number of methoxy groups -OCH3 is 1. The van der Waals surface area contributed by atoms with Gasteiger partial charge in [-0.3, -0.25) is 4.99 Å². The lowest BCUT2D eigenvalue weighted by molar-refractivity contribution is -0.138. The van der Waals surface area contributed by atoms with Crippen molar-refractivity contribution in [1.82, 2.24) is 15.1 Å². The maximum Gasteiger partial charge on any atom is 0.416 e. The molecule has 0 radical (unpaired) electrons. The maximum absolute atomic E-state index is 13.3. The van der Waals surface area contributed by atoms with Crippen molar-refractivity contribution in [3.8, 4) is 5.75 Å². The first kappa shape index (κ1) is 25.1. The minimum absolute atomic E-state index is 0. The number of guanidine groups is 1. The van der Waals surface area contributed by atoms with E-state index >= 15 is 0 Å². The highest BCUT2D eigenvalue weighted by Crippen LogP contribution is 2.34. The minimum Gasteiger partial charge on any atom is -0.497 e. The molecule has 1 aromatic carbocycles. The van der Waals surface area contributed by atoms with Gasteiger partial charge in [-0.2, -0.15) is 13.2 Å². The Morgan fingerprint density at radius 2 is 1.83 bits per heavy atom. The molecule has 164 valence electrons. The fourth-order valence-corrected chi connectivity index (χ4v) is 2.92. The van der Waals surface area contributed by atoms with Crippen molar-refractivity contribution in [2.45, 2.75) is 19.6 Å². The average Bonchev–Trinajstić information content (AvgIpc) is 2.68. The van der Waals surface area contributed by atoms with Crippen molar-refractivity contribution in [3.05, 3.63) is 29.3 Å². The Balaban J connectivity index is 0.00000420. The van der Waals surface area contributed by atoms with E-state index in [1.165, 1.54) is 19.2 Å². The minimum atomic E-state index is -4.49. The molecule has 29 heavy (non-hydrogen) atoms. The molecule has 0 atom stereocenters. The fourth-order valence-electron chi connectivity index (χ4n) is 2.92. The number of aliphatic imine (C=N–C) groups is 1. The Morgan fingerprint density at radius 3 is 2.34 bits per heavy atom. The van der Waals surface area contributed by atoms with Gasteiger partial charge in [-0.1, -0.05) is 6.07 Å². The van der Waals surface area contributed by atoms with E-state index in [1.54, 1.807) is 18.9 Å². The predicted octanol–water partition coefficient (Wildman–Crippen LogP) is 3.18. The monoisotopic (exact) mass is 530 g/mol. The van der Waals surface area contributed by atoms with Crippen LogP contribution in [0.25, 0.3) is 0 Å². The summed E-state index contributed by atoms with van der Waals surface area (Å²) >= 11 is 0. The van der Waals surface area contributed by atoms with Crippen molar-refractivity contribution in [3.63, 3.8) is 0 Å². The standard InChI is InChI=1S/C18H25F3N4O3.HI/c1-4-28-17(26)25-9-7-24(8-10-25)16(22-2)23-12-13-5-6-14(27-3)11-15(13)18(19,20)21;/h5-6,11H,4,7-10,12H2,1-3H3,(H,22,23);1H. The molecule has 1 aliphatic heterocycles. The summed E-state index contributed by atoms with van der Waals surface area (Å²) in [5.74, 6) is 0.628. The summed E-state index contributed by atoms with van der Waals surface area (Å²) in [6.45, 7) is 3.94. The molecule has 0 aromatic heterocycles. The van der Waals surface area contributed by atoms with E-state index in [2.05, 4.69) is 10.3 Å². The molecule has 2 rings (SSSR count). The van der Waals surface area contributed by atoms with Gasteiger partial charge in [-0.05, 0) is 24.6 Å². The molecular weight excluding hydrogens is 504 g/mol. The number of alkyl halides is 3. The zero-order valence-electron chi connectivity index (χ0n) is 16.6. The van der Waals surface area contributed by atoms with Crippen molar-refractivity contribution in [2.75, 3.05) is 46.9 Å². The normalized spacial score (nSPS) is 14.9. The van der Waals surface area contributed by atoms with Crippen LogP contribution in [0.4, 0.5) is 18.0 Å². The smallest absolute Gasteiger partial charge is 0.416 e. The second-order valence-electron chi connectivity index (χ2n) is 6.09. The van der Waals surface area contributed by atoms with Gasteiger partial charge in [0.15, 0.2) is 5.96 Å². The van der Waals surface area contributed by atoms with E-state index < -0.39 is 11.7 Å². The summed E-state index contributed by atoms with van der Waals surface area (Å²) in [6, 6.07) is 3.87. The second-order valence-corrected chi connectivity index (χ2v) is 6.09. The van der Waals surface area contributed by atoms with Crippen LogP contribution < -0.4 is 10.1 Å². The first-order valence-corrected chi connectivity index (χ1v) is 8.91. The fraction of sp³-hybridized carbons (Fsp3) is 0.556. The number of ether oxygens (including phenoxy) is 2. The lowest BCUT2D eigenvalue weighted by atomic mass is 10.1. The Morgan fingerprint density at radius 1 is 1.21 bits per heavy atom. The third-order valence-corrected chi connectivity index (χ3v) is 4.38. The van der Waals surface area contributed by atoms with Crippen molar-refractivity contribution < 1.29 is 27.4 Å². The van der Waals surface area contributed by atoms with Crippen LogP contribution in [-0.4, -0.2) is 68.8 Å². The van der Waals surface area contributed by atoms with Gasteiger partial charge in [0.1, 0.15) is 5.75 Å². The molecule has 7 nitrogen and oxygen atoms in total. The molecule has 11 heteroatoms. The molecule has 0 saturated carbocycles. The number of halogens is 4. The highest BCUT2D eigenvalue weighted by Gasteiger charge is 2.34. The summed E-state index contributed by atoms with van der Waals surface area (Å²) in [6.07, 6.45) is -4.85.